The van der Waals surface area contributed by atoms with Crippen LogP contribution < -0.4 is 4.74 Å². The van der Waals surface area contributed by atoms with Gasteiger partial charge in [0.05, 0.1) is 7.11 Å². The van der Waals surface area contributed by atoms with Gasteiger partial charge in [-0.05, 0) is 18.9 Å². The number of ether oxygens (including phenoxy) is 2. The molecular weight excluding hydrogens is 320 g/mol. The molecule has 1 aromatic carbocycles. The molecule has 0 amide bonds. The normalized spacial score (nSPS) is 21.1. The van der Waals surface area contributed by atoms with Crippen LogP contribution in [0, 0.1) is 0 Å². The summed E-state index contributed by atoms with van der Waals surface area (Å²) in [6.45, 7) is 4.18. The van der Waals surface area contributed by atoms with Crippen molar-refractivity contribution in [3.05, 3.63) is 35.4 Å². The topological polar surface area (TPSA) is 72.6 Å². The van der Waals surface area contributed by atoms with E-state index < -0.39 is 0 Å². The first kappa shape index (κ1) is 16.4. The van der Waals surface area contributed by atoms with E-state index >= 15 is 0 Å². The quantitative estimate of drug-likeness (QED) is 0.913. The van der Waals surface area contributed by atoms with E-state index in [1.54, 1.807) is 13.2 Å². The number of phenols is 1. The van der Waals surface area contributed by atoms with Crippen molar-refractivity contribution in [2.24, 2.45) is 0 Å². The van der Waals surface area contributed by atoms with Crippen molar-refractivity contribution in [2.75, 3.05) is 26.8 Å². The van der Waals surface area contributed by atoms with Crippen LogP contribution in [0.4, 0.5) is 0 Å². The van der Waals surface area contributed by atoms with E-state index in [0.717, 1.165) is 62.7 Å². The summed E-state index contributed by atoms with van der Waals surface area (Å²) >= 11 is 0. The number of aromatic nitrogens is 3. The zero-order valence-corrected chi connectivity index (χ0v) is 14.5. The number of phenolic OH excluding ortho intramolecular Hbond substituents is 1. The minimum absolute atomic E-state index is 0.0958. The molecule has 7 nitrogen and oxygen atoms in total. The Morgan fingerprint density at radius 2 is 2.20 bits per heavy atom. The third-order valence-corrected chi connectivity index (χ3v) is 5.05. The highest BCUT2D eigenvalue weighted by Gasteiger charge is 2.27. The van der Waals surface area contributed by atoms with Gasteiger partial charge in [-0.25, -0.2) is 0 Å². The molecule has 25 heavy (non-hydrogen) atoms. The first-order valence-corrected chi connectivity index (χ1v) is 8.86. The molecule has 1 saturated heterocycles. The van der Waals surface area contributed by atoms with Crippen molar-refractivity contribution >= 4 is 0 Å². The van der Waals surface area contributed by atoms with Gasteiger partial charge in [-0.3, -0.25) is 4.90 Å². The van der Waals surface area contributed by atoms with Crippen molar-refractivity contribution in [3.8, 4) is 11.5 Å². The average Bonchev–Trinajstić information content (AvgIpc) is 3.24. The highest BCUT2D eigenvalue weighted by atomic mass is 16.5. The first-order valence-electron chi connectivity index (χ1n) is 8.86. The minimum Gasteiger partial charge on any atom is -0.507 e. The molecule has 0 radical (unpaired) electrons. The summed E-state index contributed by atoms with van der Waals surface area (Å²) in [6.07, 6.45) is 3.08. The Balaban J connectivity index is 1.45. The molecule has 2 aliphatic heterocycles. The van der Waals surface area contributed by atoms with Gasteiger partial charge < -0.3 is 19.1 Å². The third kappa shape index (κ3) is 3.34. The molecule has 1 atom stereocenters. The molecule has 2 aliphatic rings. The number of hydrogen-bond acceptors (Lipinski definition) is 6. The molecule has 134 valence electrons. The standard InChI is InChI=1S/C18H24N4O3/c1-24-14-5-4-13(15(23)11-14)12-21-7-6-17-19-20-18(22(17)9-8-21)16-3-2-10-25-16/h4-5,11,16,23H,2-3,6-10,12H2,1H3/t16-/m1/s1. The monoisotopic (exact) mass is 344 g/mol. The molecule has 1 aromatic heterocycles. The highest BCUT2D eigenvalue weighted by molar-refractivity contribution is 5.39. The smallest absolute Gasteiger partial charge is 0.162 e. The van der Waals surface area contributed by atoms with E-state index in [2.05, 4.69) is 19.7 Å². The lowest BCUT2D eigenvalue weighted by Gasteiger charge is -2.20. The molecule has 4 rings (SSSR count). The van der Waals surface area contributed by atoms with E-state index in [1.165, 1.54) is 0 Å². The number of aromatic hydroxyl groups is 1. The molecular formula is C18H24N4O3. The zero-order chi connectivity index (χ0) is 17.2. The number of fused-ring (bicyclic) bond motifs is 1. The predicted molar refractivity (Wildman–Crippen MR) is 91.6 cm³/mol. The molecule has 0 unspecified atom stereocenters. The third-order valence-electron chi connectivity index (χ3n) is 5.05. The Labute approximate surface area is 147 Å². The molecule has 1 N–H and O–H groups in total. The Morgan fingerprint density at radius 3 is 2.96 bits per heavy atom. The van der Waals surface area contributed by atoms with Gasteiger partial charge in [0.15, 0.2) is 5.82 Å². The summed E-state index contributed by atoms with van der Waals surface area (Å²) in [7, 11) is 1.60. The molecule has 0 bridgehead atoms. The van der Waals surface area contributed by atoms with E-state index in [1.807, 2.05) is 12.1 Å². The van der Waals surface area contributed by atoms with Crippen molar-refractivity contribution in [1.82, 2.24) is 19.7 Å². The second-order valence-corrected chi connectivity index (χ2v) is 6.65. The van der Waals surface area contributed by atoms with Gasteiger partial charge in [-0.15, -0.1) is 10.2 Å². The average molecular weight is 344 g/mol. The maximum Gasteiger partial charge on any atom is 0.162 e. The van der Waals surface area contributed by atoms with Crippen LogP contribution in [0.25, 0.3) is 0 Å². The maximum atomic E-state index is 10.2. The van der Waals surface area contributed by atoms with E-state index in [0.29, 0.717) is 12.3 Å². The molecule has 0 spiro atoms. The Morgan fingerprint density at radius 1 is 1.28 bits per heavy atom. The maximum absolute atomic E-state index is 10.2. The van der Waals surface area contributed by atoms with E-state index in [4.69, 9.17) is 9.47 Å². The fourth-order valence-electron chi connectivity index (χ4n) is 3.61. The fraction of sp³-hybridized carbons (Fsp3) is 0.556. The molecule has 0 saturated carbocycles. The summed E-state index contributed by atoms with van der Waals surface area (Å²) < 4.78 is 13.2. The lowest BCUT2D eigenvalue weighted by atomic mass is 10.1. The molecule has 7 heteroatoms. The highest BCUT2D eigenvalue weighted by Crippen LogP contribution is 2.29. The largest absolute Gasteiger partial charge is 0.507 e. The van der Waals surface area contributed by atoms with Crippen molar-refractivity contribution in [1.29, 1.82) is 0 Å². The lowest BCUT2D eigenvalue weighted by molar-refractivity contribution is 0.101. The van der Waals surface area contributed by atoms with Crippen LogP contribution >= 0.6 is 0 Å². The van der Waals surface area contributed by atoms with Crippen molar-refractivity contribution in [3.63, 3.8) is 0 Å². The first-order chi connectivity index (χ1) is 12.2. The summed E-state index contributed by atoms with van der Waals surface area (Å²) in [4.78, 5) is 2.34. The lowest BCUT2D eigenvalue weighted by Crippen LogP contribution is -2.27. The minimum atomic E-state index is 0.0958. The molecule has 2 aromatic rings. The van der Waals surface area contributed by atoms with Crippen molar-refractivity contribution in [2.45, 2.75) is 38.5 Å². The Hall–Kier alpha value is -2.12. The fourth-order valence-corrected chi connectivity index (χ4v) is 3.61. The number of methoxy groups -OCH3 is 1. The van der Waals surface area contributed by atoms with Gasteiger partial charge in [0.2, 0.25) is 0 Å². The second-order valence-electron chi connectivity index (χ2n) is 6.65. The summed E-state index contributed by atoms with van der Waals surface area (Å²) in [5.41, 5.74) is 0.915. The van der Waals surface area contributed by atoms with Gasteiger partial charge in [-0.1, -0.05) is 6.07 Å². The van der Waals surface area contributed by atoms with E-state index in [-0.39, 0.29) is 11.9 Å². The predicted octanol–water partition coefficient (Wildman–Crippen LogP) is 1.90. The zero-order valence-electron chi connectivity index (χ0n) is 14.5. The van der Waals surface area contributed by atoms with Gasteiger partial charge in [0.1, 0.15) is 23.4 Å². The molecule has 0 aliphatic carbocycles. The van der Waals surface area contributed by atoms with Crippen LogP contribution in [-0.2, 0) is 24.2 Å². The van der Waals surface area contributed by atoms with Gasteiger partial charge in [0, 0.05) is 50.8 Å². The van der Waals surface area contributed by atoms with Gasteiger partial charge in [-0.2, -0.15) is 0 Å². The number of hydrogen-bond donors (Lipinski definition) is 1. The second kappa shape index (κ2) is 7.01. The van der Waals surface area contributed by atoms with Crippen LogP contribution in [0.3, 0.4) is 0 Å². The van der Waals surface area contributed by atoms with Crippen LogP contribution in [0.5, 0.6) is 11.5 Å². The van der Waals surface area contributed by atoms with Crippen molar-refractivity contribution < 1.29 is 14.6 Å². The van der Waals surface area contributed by atoms with Crippen LogP contribution in [0.2, 0.25) is 0 Å². The van der Waals surface area contributed by atoms with Crippen LogP contribution in [-0.4, -0.2) is 51.6 Å². The number of nitrogens with zero attached hydrogens (tertiary/aromatic N) is 4. The molecule has 3 heterocycles. The Kier molecular flexibility index (Phi) is 4.59. The summed E-state index contributed by atoms with van der Waals surface area (Å²) in [5, 5.41) is 19.0. The number of benzene rings is 1. The Bertz CT molecular complexity index is 740. The summed E-state index contributed by atoms with van der Waals surface area (Å²) in [5.74, 6) is 2.96. The van der Waals surface area contributed by atoms with E-state index in [9.17, 15) is 5.11 Å². The SMILES string of the molecule is COc1ccc(CN2CCc3nnc([C@H]4CCCO4)n3CC2)c(O)c1. The summed E-state index contributed by atoms with van der Waals surface area (Å²) in [6, 6.07) is 5.48. The molecule has 1 fully saturated rings. The van der Waals surface area contributed by atoms with Crippen LogP contribution in [0.1, 0.15) is 36.2 Å². The van der Waals surface area contributed by atoms with Gasteiger partial charge >= 0.3 is 0 Å². The van der Waals surface area contributed by atoms with Crippen LogP contribution in [0.15, 0.2) is 18.2 Å². The van der Waals surface area contributed by atoms with Gasteiger partial charge in [0.25, 0.3) is 0 Å². The number of rotatable bonds is 4.